The van der Waals surface area contributed by atoms with Crippen molar-refractivity contribution in [2.24, 2.45) is 0 Å². The summed E-state index contributed by atoms with van der Waals surface area (Å²) in [5, 5.41) is 8.33. The first-order valence-electron chi connectivity index (χ1n) is 9.30. The Bertz CT molecular complexity index is 724. The van der Waals surface area contributed by atoms with Crippen LogP contribution in [0.2, 0.25) is 0 Å². The molecule has 3 saturated heterocycles. The van der Waals surface area contributed by atoms with Crippen LogP contribution in [-0.2, 0) is 9.59 Å². The van der Waals surface area contributed by atoms with Crippen LogP contribution in [0.3, 0.4) is 0 Å². The van der Waals surface area contributed by atoms with Crippen molar-refractivity contribution in [3.63, 3.8) is 0 Å². The predicted octanol–water partition coefficient (Wildman–Crippen LogP) is 0.276. The fourth-order valence-corrected chi connectivity index (χ4v) is 3.90. The maximum atomic E-state index is 14.6. The zero-order valence-corrected chi connectivity index (χ0v) is 14.9. The molecular weight excluding hydrogens is 356 g/mol. The molecule has 3 fully saturated rings. The summed E-state index contributed by atoms with van der Waals surface area (Å²) in [6.07, 6.45) is 0.502. The summed E-state index contributed by atoms with van der Waals surface area (Å²) in [5.41, 5.74) is 0.178. The summed E-state index contributed by atoms with van der Waals surface area (Å²) < 4.78 is 29.1. The Labute approximate surface area is 156 Å². The summed E-state index contributed by atoms with van der Waals surface area (Å²) in [7, 11) is 0. The number of nitrogens with zero attached hydrogens (tertiary/aromatic N) is 2. The zero-order chi connectivity index (χ0) is 19.0. The topological polar surface area (TPSA) is 76.7 Å². The van der Waals surface area contributed by atoms with Crippen molar-refractivity contribution in [2.75, 3.05) is 49.5 Å². The number of nitrogens with one attached hydrogen (secondary N) is 3. The summed E-state index contributed by atoms with van der Waals surface area (Å²) in [6, 6.07) is 2.07. The molecule has 146 valence electrons. The molecule has 1 atom stereocenters. The predicted molar refractivity (Wildman–Crippen MR) is 96.6 cm³/mol. The number of hydrogen-bond acceptors (Lipinski definition) is 6. The van der Waals surface area contributed by atoms with Gasteiger partial charge in [0, 0.05) is 57.4 Å². The second kappa shape index (κ2) is 7.40. The molecule has 1 aromatic rings. The highest BCUT2D eigenvalue weighted by atomic mass is 19.1. The zero-order valence-electron chi connectivity index (χ0n) is 14.9. The number of piperidine rings is 1. The van der Waals surface area contributed by atoms with Gasteiger partial charge < -0.3 is 15.5 Å². The number of hydrogen-bond donors (Lipinski definition) is 3. The molecule has 0 saturated carbocycles. The molecule has 3 N–H and O–H groups in total. The standard InChI is InChI=1S/C18H23F2N5O2/c19-13-7-11(22-15-1-2-16(26)23-18(15)27)8-14(20)17(13)25-9-12(10-25)24-5-3-21-4-6-24/h7-8,12,15,21-22H,1-6,9-10H2,(H,23,26,27). The van der Waals surface area contributed by atoms with Gasteiger partial charge >= 0.3 is 0 Å². The molecular formula is C18H23F2N5O2. The van der Waals surface area contributed by atoms with Gasteiger partial charge in [0.05, 0.1) is 0 Å². The SMILES string of the molecule is O=C1CCC(Nc2cc(F)c(N3CC(N4CCNCC4)C3)c(F)c2)C(=O)N1. The second-order valence-corrected chi connectivity index (χ2v) is 7.28. The normalized spacial score (nSPS) is 24.5. The van der Waals surface area contributed by atoms with Crippen molar-refractivity contribution in [3.8, 4) is 0 Å². The molecule has 3 aliphatic heterocycles. The number of piperazine rings is 1. The number of imide groups is 1. The fraction of sp³-hybridized carbons (Fsp3) is 0.556. The molecule has 0 bridgehead atoms. The molecule has 3 aliphatic rings. The van der Waals surface area contributed by atoms with Gasteiger partial charge in [-0.25, -0.2) is 8.78 Å². The fourth-order valence-electron chi connectivity index (χ4n) is 3.90. The van der Waals surface area contributed by atoms with Crippen LogP contribution in [0, 0.1) is 11.6 Å². The summed E-state index contributed by atoms with van der Waals surface area (Å²) >= 11 is 0. The molecule has 9 heteroatoms. The van der Waals surface area contributed by atoms with E-state index < -0.39 is 23.6 Å². The number of carbonyl (C=O) groups is 2. The second-order valence-electron chi connectivity index (χ2n) is 7.28. The lowest BCUT2D eigenvalue weighted by Gasteiger charge is -2.48. The largest absolute Gasteiger partial charge is 0.373 e. The van der Waals surface area contributed by atoms with Crippen LogP contribution in [-0.4, -0.2) is 68.1 Å². The Balaban J connectivity index is 1.40. The van der Waals surface area contributed by atoms with E-state index >= 15 is 0 Å². The first kappa shape index (κ1) is 18.1. The van der Waals surface area contributed by atoms with Crippen LogP contribution in [0.15, 0.2) is 12.1 Å². The number of anilines is 2. The van der Waals surface area contributed by atoms with E-state index in [1.807, 2.05) is 0 Å². The van der Waals surface area contributed by atoms with Crippen LogP contribution in [0.5, 0.6) is 0 Å². The van der Waals surface area contributed by atoms with E-state index in [1.54, 1.807) is 4.90 Å². The number of carbonyl (C=O) groups excluding carboxylic acids is 2. The third-order valence-electron chi connectivity index (χ3n) is 5.44. The molecule has 4 rings (SSSR count). The van der Waals surface area contributed by atoms with Crippen molar-refractivity contribution in [1.82, 2.24) is 15.5 Å². The molecule has 0 aromatic heterocycles. The summed E-state index contributed by atoms with van der Waals surface area (Å²) in [5.74, 6) is -2.10. The Morgan fingerprint density at radius 2 is 1.74 bits per heavy atom. The van der Waals surface area contributed by atoms with Crippen LogP contribution in [0.1, 0.15) is 12.8 Å². The van der Waals surface area contributed by atoms with Gasteiger partial charge in [-0.3, -0.25) is 19.8 Å². The first-order chi connectivity index (χ1) is 13.0. The average molecular weight is 379 g/mol. The molecule has 3 heterocycles. The van der Waals surface area contributed by atoms with Crippen LogP contribution >= 0.6 is 0 Å². The van der Waals surface area contributed by atoms with Crippen molar-refractivity contribution < 1.29 is 18.4 Å². The molecule has 0 spiro atoms. The van der Waals surface area contributed by atoms with E-state index in [9.17, 15) is 18.4 Å². The Kier molecular flexibility index (Phi) is 4.96. The molecule has 0 aliphatic carbocycles. The van der Waals surface area contributed by atoms with Crippen molar-refractivity contribution in [2.45, 2.75) is 24.9 Å². The summed E-state index contributed by atoms with van der Waals surface area (Å²) in [4.78, 5) is 27.0. The van der Waals surface area contributed by atoms with Crippen molar-refractivity contribution in [3.05, 3.63) is 23.8 Å². The third kappa shape index (κ3) is 3.74. The molecule has 27 heavy (non-hydrogen) atoms. The highest BCUT2D eigenvalue weighted by molar-refractivity contribution is 6.01. The monoisotopic (exact) mass is 379 g/mol. The molecule has 1 unspecified atom stereocenters. The van der Waals surface area contributed by atoms with Gasteiger partial charge in [0.1, 0.15) is 11.7 Å². The highest BCUT2D eigenvalue weighted by Crippen LogP contribution is 2.32. The van der Waals surface area contributed by atoms with E-state index in [4.69, 9.17) is 0 Å². The van der Waals surface area contributed by atoms with Crippen LogP contribution in [0.4, 0.5) is 20.2 Å². The molecule has 2 amide bonds. The lowest BCUT2D eigenvalue weighted by Crippen LogP contribution is -2.63. The minimum atomic E-state index is -0.673. The third-order valence-corrected chi connectivity index (χ3v) is 5.44. The van der Waals surface area contributed by atoms with Gasteiger partial charge in [0.2, 0.25) is 11.8 Å². The highest BCUT2D eigenvalue weighted by Gasteiger charge is 2.35. The van der Waals surface area contributed by atoms with Crippen molar-refractivity contribution in [1.29, 1.82) is 0 Å². The maximum absolute atomic E-state index is 14.6. The molecule has 7 nitrogen and oxygen atoms in total. The Morgan fingerprint density at radius 3 is 2.37 bits per heavy atom. The Morgan fingerprint density at radius 1 is 1.07 bits per heavy atom. The number of halogens is 2. The minimum Gasteiger partial charge on any atom is -0.373 e. The van der Waals surface area contributed by atoms with Gasteiger partial charge in [-0.1, -0.05) is 0 Å². The van der Waals surface area contributed by atoms with E-state index in [0.717, 1.165) is 26.2 Å². The van der Waals surface area contributed by atoms with Gasteiger partial charge in [-0.2, -0.15) is 0 Å². The lowest BCUT2D eigenvalue weighted by molar-refractivity contribution is -0.133. The van der Waals surface area contributed by atoms with E-state index in [-0.39, 0.29) is 23.7 Å². The van der Waals surface area contributed by atoms with E-state index in [2.05, 4.69) is 20.9 Å². The average Bonchev–Trinajstić information content (AvgIpc) is 2.59. The Hall–Kier alpha value is -2.26. The number of rotatable bonds is 4. The van der Waals surface area contributed by atoms with Gasteiger partial charge in [0.25, 0.3) is 0 Å². The first-order valence-corrected chi connectivity index (χ1v) is 9.30. The van der Waals surface area contributed by atoms with Crippen LogP contribution < -0.4 is 20.9 Å². The maximum Gasteiger partial charge on any atom is 0.249 e. The van der Waals surface area contributed by atoms with E-state index in [1.165, 1.54) is 12.1 Å². The molecule has 0 radical (unpaired) electrons. The number of amides is 2. The molecule has 1 aromatic carbocycles. The smallest absolute Gasteiger partial charge is 0.249 e. The van der Waals surface area contributed by atoms with Crippen LogP contribution in [0.25, 0.3) is 0 Å². The van der Waals surface area contributed by atoms with E-state index in [0.29, 0.717) is 25.6 Å². The lowest BCUT2D eigenvalue weighted by atomic mass is 10.0. The quantitative estimate of drug-likeness (QED) is 0.653. The van der Waals surface area contributed by atoms with Gasteiger partial charge in [-0.15, -0.1) is 0 Å². The number of benzene rings is 1. The van der Waals surface area contributed by atoms with Gasteiger partial charge in [-0.05, 0) is 18.6 Å². The van der Waals surface area contributed by atoms with Crippen molar-refractivity contribution >= 4 is 23.2 Å². The van der Waals surface area contributed by atoms with Gasteiger partial charge in [0.15, 0.2) is 11.6 Å². The summed E-state index contributed by atoms with van der Waals surface area (Å²) in [6.45, 7) is 5.01. The minimum absolute atomic E-state index is 0.0183.